The molecule has 0 fully saturated rings. The van der Waals surface area contributed by atoms with E-state index >= 15 is 0 Å². The SMILES string of the molecule is N#Cc1ccccc1CO/N=C\c1cc(Br)ccc1OCc1ccc(Cl)cc1Cl. The van der Waals surface area contributed by atoms with Crippen LogP contribution in [0.1, 0.15) is 22.3 Å². The Balaban J connectivity index is 1.68. The van der Waals surface area contributed by atoms with Gasteiger partial charge in [-0.25, -0.2) is 0 Å². The maximum atomic E-state index is 9.13. The summed E-state index contributed by atoms with van der Waals surface area (Å²) in [5, 5.41) is 14.3. The van der Waals surface area contributed by atoms with Crippen LogP contribution in [-0.2, 0) is 18.1 Å². The second kappa shape index (κ2) is 10.3. The Morgan fingerprint density at radius 1 is 1.00 bits per heavy atom. The van der Waals surface area contributed by atoms with E-state index in [1.165, 1.54) is 0 Å². The van der Waals surface area contributed by atoms with Crippen LogP contribution >= 0.6 is 39.1 Å². The zero-order valence-electron chi connectivity index (χ0n) is 15.1. The molecule has 0 heterocycles. The van der Waals surface area contributed by atoms with Gasteiger partial charge in [0.15, 0.2) is 0 Å². The Bertz CT molecular complexity index is 1080. The van der Waals surface area contributed by atoms with E-state index in [0.717, 1.165) is 21.2 Å². The molecule has 3 aromatic carbocycles. The van der Waals surface area contributed by atoms with Gasteiger partial charge < -0.3 is 9.57 Å². The average molecular weight is 490 g/mol. The molecule has 0 atom stereocenters. The maximum absolute atomic E-state index is 9.13. The van der Waals surface area contributed by atoms with Crippen LogP contribution < -0.4 is 4.74 Å². The van der Waals surface area contributed by atoms with E-state index < -0.39 is 0 Å². The largest absolute Gasteiger partial charge is 0.488 e. The van der Waals surface area contributed by atoms with Crippen molar-refractivity contribution in [2.24, 2.45) is 5.16 Å². The molecule has 3 rings (SSSR count). The van der Waals surface area contributed by atoms with Crippen molar-refractivity contribution in [1.29, 1.82) is 5.26 Å². The molecule has 0 amide bonds. The van der Waals surface area contributed by atoms with Gasteiger partial charge in [-0.05, 0) is 36.4 Å². The van der Waals surface area contributed by atoms with E-state index in [9.17, 15) is 0 Å². The Morgan fingerprint density at radius 2 is 1.83 bits per heavy atom. The third-order valence-corrected chi connectivity index (χ3v) is 5.07. The summed E-state index contributed by atoms with van der Waals surface area (Å²) in [6, 6.07) is 20.2. The van der Waals surface area contributed by atoms with Crippen molar-refractivity contribution < 1.29 is 9.57 Å². The molecule has 0 N–H and O–H groups in total. The standard InChI is InChI=1S/C22H15BrCl2N2O2/c23-19-6-8-22(28-13-17-5-7-20(24)10-21(17)25)18(9-19)12-27-29-14-16-4-2-1-3-15(16)11-26/h1-10,12H,13-14H2/b27-12-. The molecule has 4 nitrogen and oxygen atoms in total. The van der Waals surface area contributed by atoms with E-state index in [4.69, 9.17) is 38.0 Å². The number of nitriles is 1. The van der Waals surface area contributed by atoms with Crippen molar-refractivity contribution in [2.45, 2.75) is 13.2 Å². The summed E-state index contributed by atoms with van der Waals surface area (Å²) < 4.78 is 6.79. The van der Waals surface area contributed by atoms with E-state index in [1.807, 2.05) is 42.5 Å². The number of ether oxygens (including phenoxy) is 1. The predicted molar refractivity (Wildman–Crippen MR) is 118 cm³/mol. The average Bonchev–Trinajstić information content (AvgIpc) is 2.72. The minimum Gasteiger partial charge on any atom is -0.488 e. The summed E-state index contributed by atoms with van der Waals surface area (Å²) in [7, 11) is 0. The van der Waals surface area contributed by atoms with Gasteiger partial charge in [0.2, 0.25) is 0 Å². The molecule has 146 valence electrons. The molecule has 0 spiro atoms. The van der Waals surface area contributed by atoms with Crippen molar-refractivity contribution in [3.05, 3.63) is 97.4 Å². The van der Waals surface area contributed by atoms with Crippen molar-refractivity contribution in [3.63, 3.8) is 0 Å². The Labute approximate surface area is 187 Å². The molecule has 0 aliphatic rings. The van der Waals surface area contributed by atoms with Gasteiger partial charge >= 0.3 is 0 Å². The van der Waals surface area contributed by atoms with Crippen molar-refractivity contribution in [1.82, 2.24) is 0 Å². The number of benzene rings is 3. The van der Waals surface area contributed by atoms with E-state index in [-0.39, 0.29) is 13.2 Å². The summed E-state index contributed by atoms with van der Waals surface area (Å²) in [4.78, 5) is 5.37. The van der Waals surface area contributed by atoms with Crippen LogP contribution in [0.15, 0.2) is 70.3 Å². The normalized spacial score (nSPS) is 10.7. The molecule has 0 aromatic heterocycles. The number of nitrogens with zero attached hydrogens (tertiary/aromatic N) is 2. The Morgan fingerprint density at radius 3 is 2.62 bits per heavy atom. The van der Waals surface area contributed by atoms with E-state index in [1.54, 1.807) is 24.4 Å². The van der Waals surface area contributed by atoms with Gasteiger partial charge in [0.05, 0.1) is 17.8 Å². The second-order valence-electron chi connectivity index (χ2n) is 5.98. The summed E-state index contributed by atoms with van der Waals surface area (Å²) in [6.07, 6.45) is 1.57. The Hall–Kier alpha value is -2.52. The highest BCUT2D eigenvalue weighted by atomic mass is 79.9. The number of hydrogen-bond donors (Lipinski definition) is 0. The highest BCUT2D eigenvalue weighted by molar-refractivity contribution is 9.10. The zero-order chi connectivity index (χ0) is 20.6. The lowest BCUT2D eigenvalue weighted by atomic mass is 10.1. The monoisotopic (exact) mass is 488 g/mol. The van der Waals surface area contributed by atoms with Crippen molar-refractivity contribution in [3.8, 4) is 11.8 Å². The van der Waals surface area contributed by atoms with E-state index in [2.05, 4.69) is 27.2 Å². The summed E-state index contributed by atoms with van der Waals surface area (Å²) in [6.45, 7) is 0.486. The minimum absolute atomic E-state index is 0.199. The van der Waals surface area contributed by atoms with Gasteiger partial charge in [0.25, 0.3) is 0 Å². The number of halogens is 3. The summed E-state index contributed by atoms with van der Waals surface area (Å²) in [5.41, 5.74) is 2.90. The smallest absolute Gasteiger partial charge is 0.143 e. The van der Waals surface area contributed by atoms with Gasteiger partial charge in [-0.1, -0.05) is 68.6 Å². The molecule has 0 saturated heterocycles. The molecule has 0 unspecified atom stereocenters. The van der Waals surface area contributed by atoms with Crippen LogP contribution in [0.25, 0.3) is 0 Å². The lowest BCUT2D eigenvalue weighted by molar-refractivity contribution is 0.132. The fourth-order valence-electron chi connectivity index (χ4n) is 2.50. The van der Waals surface area contributed by atoms with Gasteiger partial charge in [-0.3, -0.25) is 0 Å². The quantitative estimate of drug-likeness (QED) is 0.272. The molecule has 0 aliphatic carbocycles. The van der Waals surface area contributed by atoms with Crippen LogP contribution in [0.2, 0.25) is 10.0 Å². The van der Waals surface area contributed by atoms with Crippen LogP contribution in [0.4, 0.5) is 0 Å². The first-order valence-electron chi connectivity index (χ1n) is 8.56. The predicted octanol–water partition coefficient (Wildman–Crippen LogP) is 6.76. The molecular formula is C22H15BrCl2N2O2. The van der Waals surface area contributed by atoms with Crippen molar-refractivity contribution >= 4 is 45.3 Å². The number of rotatable bonds is 7. The van der Waals surface area contributed by atoms with Gasteiger partial charge in [-0.2, -0.15) is 5.26 Å². The van der Waals surface area contributed by atoms with E-state index in [0.29, 0.717) is 21.4 Å². The topological polar surface area (TPSA) is 54.6 Å². The fraction of sp³-hybridized carbons (Fsp3) is 0.0909. The molecule has 3 aromatic rings. The molecule has 7 heteroatoms. The van der Waals surface area contributed by atoms with Crippen LogP contribution in [-0.4, -0.2) is 6.21 Å². The number of oxime groups is 1. The molecule has 0 aliphatic heterocycles. The van der Waals surface area contributed by atoms with Gasteiger partial charge in [0.1, 0.15) is 19.0 Å². The lowest BCUT2D eigenvalue weighted by Gasteiger charge is -2.11. The molecular weight excluding hydrogens is 475 g/mol. The zero-order valence-corrected chi connectivity index (χ0v) is 18.2. The minimum atomic E-state index is 0.199. The van der Waals surface area contributed by atoms with Gasteiger partial charge in [0, 0.05) is 31.2 Å². The summed E-state index contributed by atoms with van der Waals surface area (Å²) >= 11 is 15.6. The highest BCUT2D eigenvalue weighted by Crippen LogP contribution is 2.26. The molecule has 29 heavy (non-hydrogen) atoms. The first-order chi connectivity index (χ1) is 14.1. The molecule has 0 saturated carbocycles. The second-order valence-corrected chi connectivity index (χ2v) is 7.74. The third-order valence-electron chi connectivity index (χ3n) is 3.99. The van der Waals surface area contributed by atoms with Crippen LogP contribution in [0.3, 0.4) is 0 Å². The van der Waals surface area contributed by atoms with Gasteiger partial charge in [-0.15, -0.1) is 0 Å². The van der Waals surface area contributed by atoms with Crippen molar-refractivity contribution in [2.75, 3.05) is 0 Å². The lowest BCUT2D eigenvalue weighted by Crippen LogP contribution is -1.99. The van der Waals surface area contributed by atoms with Crippen LogP contribution in [0, 0.1) is 11.3 Å². The number of hydrogen-bond acceptors (Lipinski definition) is 4. The first-order valence-corrected chi connectivity index (χ1v) is 10.1. The third kappa shape index (κ3) is 5.98. The Kier molecular flexibility index (Phi) is 7.54. The van der Waals surface area contributed by atoms with Crippen LogP contribution in [0.5, 0.6) is 5.75 Å². The maximum Gasteiger partial charge on any atom is 0.143 e. The summed E-state index contributed by atoms with van der Waals surface area (Å²) in [5.74, 6) is 0.629. The fourth-order valence-corrected chi connectivity index (χ4v) is 3.34. The molecule has 0 radical (unpaired) electrons. The first kappa shape index (κ1) is 21.2. The highest BCUT2D eigenvalue weighted by Gasteiger charge is 2.07. The molecule has 0 bridgehead atoms.